The zero-order valence-electron chi connectivity index (χ0n) is 36.0. The Hall–Kier alpha value is -1.11. The lowest BCUT2D eigenvalue weighted by Gasteiger charge is -2.58. The summed E-state index contributed by atoms with van der Waals surface area (Å²) in [5.74, 6) is 4.14. The van der Waals surface area contributed by atoms with Gasteiger partial charge < -0.3 is 23.4 Å². The molecular weight excluding hydrogens is 1110 g/mol. The molecule has 12 heteroatoms. The molecule has 4 saturated heterocycles. The topological polar surface area (TPSA) is 125 Å². The van der Waals surface area contributed by atoms with Crippen LogP contribution in [0.4, 0.5) is 0 Å². The van der Waals surface area contributed by atoms with E-state index >= 15 is 0 Å². The molecule has 13 rings (SSSR count). The summed E-state index contributed by atoms with van der Waals surface area (Å²) in [7, 11) is 0. The molecule has 9 fully saturated rings. The molecule has 0 bridgehead atoms. The number of epoxide rings is 2. The zero-order valence-corrected chi connectivity index (χ0v) is 42.6. The molecule has 1 aromatic rings. The van der Waals surface area contributed by atoms with Gasteiger partial charge in [-0.3, -0.25) is 19.2 Å². The van der Waals surface area contributed by atoms with E-state index < -0.39 is 0 Å². The average molecular weight is 1170 g/mol. The largest absolute Gasteiger partial charge is 0.466 e. The molecule has 1 aromatic heterocycles. The van der Waals surface area contributed by atoms with E-state index in [1.807, 2.05) is 19.1 Å². The predicted octanol–water partition coefficient (Wildman–Crippen LogP) is 10.9. The van der Waals surface area contributed by atoms with Gasteiger partial charge in [-0.2, -0.15) is 0 Å². The van der Waals surface area contributed by atoms with Crippen molar-refractivity contribution in [1.82, 2.24) is 0 Å². The third-order valence-electron chi connectivity index (χ3n) is 20.1. The van der Waals surface area contributed by atoms with E-state index in [1.54, 1.807) is 0 Å². The summed E-state index contributed by atoms with van der Waals surface area (Å²) in [6.45, 7) is 11.4. The van der Waals surface area contributed by atoms with Crippen LogP contribution in [-0.4, -0.2) is 58.1 Å². The third-order valence-corrected chi connectivity index (χ3v) is 20.1. The van der Waals surface area contributed by atoms with Gasteiger partial charge >= 0.3 is 11.9 Å². The van der Waals surface area contributed by atoms with Gasteiger partial charge in [0.25, 0.3) is 0 Å². The van der Waals surface area contributed by atoms with Crippen LogP contribution in [0.15, 0.2) is 52.0 Å². The van der Waals surface area contributed by atoms with E-state index in [-0.39, 0.29) is 110 Å². The summed E-state index contributed by atoms with van der Waals surface area (Å²) in [6, 6.07) is 4.18. The number of aryl methyl sites for hydroxylation is 1. The van der Waals surface area contributed by atoms with E-state index in [0.29, 0.717) is 49.4 Å². The van der Waals surface area contributed by atoms with Crippen molar-refractivity contribution in [3.8, 4) is 0 Å². The summed E-state index contributed by atoms with van der Waals surface area (Å²) >= 11 is 4.24. The molecule has 0 N–H and O–H groups in total. The molecule has 8 aliphatic carbocycles. The Morgan fingerprint density at radius 2 is 1.25 bits per heavy atom. The summed E-state index contributed by atoms with van der Waals surface area (Å²) in [6.07, 6.45) is 21.4. The Morgan fingerprint density at radius 3 is 1.85 bits per heavy atom. The van der Waals surface area contributed by atoms with Gasteiger partial charge in [-0.1, -0.05) is 45.4 Å². The number of rotatable bonds is 1. The maximum absolute atomic E-state index is 12.4. The second-order valence-corrected chi connectivity index (χ2v) is 21.8. The summed E-state index contributed by atoms with van der Waals surface area (Å²) < 4.78 is 31.8. The Bertz CT molecular complexity index is 2210. The van der Waals surface area contributed by atoms with Crippen molar-refractivity contribution in [2.75, 3.05) is 0 Å². The van der Waals surface area contributed by atoms with Gasteiger partial charge in [0, 0.05) is 102 Å². The minimum Gasteiger partial charge on any atom is -0.466 e. The summed E-state index contributed by atoms with van der Waals surface area (Å²) in [5, 5.41) is 0. The monoisotopic (exact) mass is 1170 g/mol. The van der Waals surface area contributed by atoms with E-state index in [2.05, 4.69) is 89.2 Å². The van der Waals surface area contributed by atoms with Crippen LogP contribution in [0.5, 0.6) is 0 Å². The van der Waals surface area contributed by atoms with Gasteiger partial charge in [0.15, 0.2) is 11.6 Å². The second-order valence-electron chi connectivity index (χ2n) is 21.8. The van der Waals surface area contributed by atoms with Crippen LogP contribution in [0.25, 0.3) is 0 Å². The molecule has 4 aliphatic heterocycles. The fourth-order valence-electron chi connectivity index (χ4n) is 17.0. The molecule has 0 amide bonds. The van der Waals surface area contributed by atoms with Gasteiger partial charge in [-0.15, -0.1) is 24.0 Å². The SMILES string of the molecule is C[C@]12CCC(=O)C=C1C=C[C@H]1[C@@H]3CC[C@@]4(CCC(=O)O4)[C@@]3(C)C[C@H]3O[C@]312.Cc1ccc([C@@H]2CC3=CC(=O)CC[C@]3(C)[C@@]34O[C@@H]3C[C@@]3(C)[C@@H](CC[C@@]35CCC(=O)O5)[C@H]24)o1.I.II. The predicted molar refractivity (Wildman–Crippen MR) is 253 cm³/mol. The number of hydrogen-bond acceptors (Lipinski definition) is 9. The molecular formula is C49H59I3O9. The molecule has 5 saturated carbocycles. The number of esters is 2. The fraction of sp³-hybridized carbons (Fsp3) is 0.714. The number of carbonyl (C=O) groups is 4. The lowest BCUT2D eigenvalue weighted by Crippen LogP contribution is -2.61. The molecule has 9 nitrogen and oxygen atoms in total. The van der Waals surface area contributed by atoms with Crippen LogP contribution in [0.3, 0.4) is 0 Å². The van der Waals surface area contributed by atoms with Crippen LogP contribution in [0.1, 0.15) is 141 Å². The lowest BCUT2D eigenvalue weighted by molar-refractivity contribution is -0.165. The van der Waals surface area contributed by atoms with Gasteiger partial charge in [-0.05, 0) is 119 Å². The van der Waals surface area contributed by atoms with Gasteiger partial charge in [0.05, 0.1) is 12.2 Å². The van der Waals surface area contributed by atoms with E-state index in [4.69, 9.17) is 23.4 Å². The van der Waals surface area contributed by atoms with Crippen LogP contribution in [-0.2, 0) is 38.1 Å². The number of ether oxygens (including phenoxy) is 4. The number of ketones is 2. The first kappa shape index (κ1) is 43.8. The Morgan fingerprint density at radius 1 is 0.672 bits per heavy atom. The number of furan rings is 1. The molecule has 330 valence electrons. The summed E-state index contributed by atoms with van der Waals surface area (Å²) in [5.41, 5.74) is 1.19. The minimum absolute atomic E-state index is 0. The number of carbonyl (C=O) groups excluding carboxylic acids is 4. The van der Waals surface area contributed by atoms with Crippen LogP contribution in [0, 0.1) is 52.3 Å². The highest BCUT2D eigenvalue weighted by Crippen LogP contribution is 2.80. The van der Waals surface area contributed by atoms with E-state index in [9.17, 15) is 19.2 Å². The first-order valence-corrected chi connectivity index (χ1v) is 29.0. The fourth-order valence-corrected chi connectivity index (χ4v) is 17.0. The molecule has 61 heavy (non-hydrogen) atoms. The first-order chi connectivity index (χ1) is 28.6. The lowest BCUT2D eigenvalue weighted by atomic mass is 9.43. The highest BCUT2D eigenvalue weighted by Gasteiger charge is 2.84. The van der Waals surface area contributed by atoms with Crippen LogP contribution in [0.2, 0.25) is 0 Å². The normalized spacial score (nSPS) is 50.8. The van der Waals surface area contributed by atoms with E-state index in [1.165, 1.54) is 5.57 Å². The van der Waals surface area contributed by atoms with Gasteiger partial charge in [0.1, 0.15) is 33.9 Å². The van der Waals surface area contributed by atoms with Crippen LogP contribution >= 0.6 is 61.2 Å². The molecule has 15 atom stereocenters. The first-order valence-electron chi connectivity index (χ1n) is 22.7. The zero-order chi connectivity index (χ0) is 42.0. The smallest absolute Gasteiger partial charge is 0.306 e. The number of fused-ring (bicyclic) bond motifs is 8. The maximum atomic E-state index is 12.4. The quantitative estimate of drug-likeness (QED) is 0.154. The third kappa shape index (κ3) is 5.46. The van der Waals surface area contributed by atoms with Crippen molar-refractivity contribution in [1.29, 1.82) is 0 Å². The number of allylic oxidation sites excluding steroid dienone is 2. The molecule has 4 spiro atoms. The minimum atomic E-state index is -0.337. The summed E-state index contributed by atoms with van der Waals surface area (Å²) in [4.78, 5) is 48.6. The molecule has 0 aromatic carbocycles. The van der Waals surface area contributed by atoms with E-state index in [0.717, 1.165) is 87.7 Å². The highest BCUT2D eigenvalue weighted by molar-refractivity contribution is 15.0. The molecule has 0 unspecified atom stereocenters. The second kappa shape index (κ2) is 14.2. The molecule has 12 aliphatic rings. The van der Waals surface area contributed by atoms with Crippen LogP contribution < -0.4 is 0 Å². The van der Waals surface area contributed by atoms with Crippen molar-refractivity contribution < 1.29 is 42.5 Å². The molecule has 0 radical (unpaired) electrons. The molecule has 5 heterocycles. The maximum Gasteiger partial charge on any atom is 0.306 e. The number of hydrogen-bond donors (Lipinski definition) is 0. The van der Waals surface area contributed by atoms with Crippen molar-refractivity contribution in [3.63, 3.8) is 0 Å². The Balaban J connectivity index is 0.000000141. The van der Waals surface area contributed by atoms with Gasteiger partial charge in [-0.25, -0.2) is 0 Å². The van der Waals surface area contributed by atoms with Crippen molar-refractivity contribution in [3.05, 3.63) is 59.1 Å². The van der Waals surface area contributed by atoms with Crippen molar-refractivity contribution >= 4 is 84.7 Å². The number of halogens is 3. The highest BCUT2D eigenvalue weighted by atomic mass is 128. The standard InChI is InChI=1S/C27H32O5.C22H26O4.I2.HI/c1-15-4-5-20(30-15)18-13-16-12-17(28)6-9-24(16,2)27-21(31-27)14-25(3)19(23(18)27)7-10-26(25)11-8-22(29)32-26;1-19-8-5-14(23)11-13(19)3-4-16-15-6-9-21(10-7-18(24)26-21)20(15,2)12-17-22(16,19)25-17;1-2;/h4-5,12,18-19,21,23H,6-11,13-14H2,1-3H3;3-4,11,15-17H,5-10,12H2,1-2H3;;1H/t18-,19-,21+,23-,24-,25-,26+,27+;15-,16-,17+,19-,20-,21+,22-;;/m00../s1. The Kier molecular flexibility index (Phi) is 10.2. The van der Waals surface area contributed by atoms with Gasteiger partial charge in [0.2, 0.25) is 0 Å². The van der Waals surface area contributed by atoms with Crippen molar-refractivity contribution in [2.24, 2.45) is 45.3 Å². The Labute approximate surface area is 399 Å². The average Bonchev–Trinajstić information content (AvgIpc) is 3.73. The van der Waals surface area contributed by atoms with Crippen molar-refractivity contribution in [2.45, 2.75) is 171 Å².